The van der Waals surface area contributed by atoms with Gasteiger partial charge in [0.1, 0.15) is 28.5 Å². The average Bonchev–Trinajstić information content (AvgIpc) is 2.80. The second kappa shape index (κ2) is 9.87. The Labute approximate surface area is 210 Å². The van der Waals surface area contributed by atoms with Crippen LogP contribution in [-0.4, -0.2) is 68.7 Å². The van der Waals surface area contributed by atoms with Gasteiger partial charge in [-0.15, -0.1) is 13.2 Å². The standard InChI is InChI=1S/C24H27F3N6O4/c1-15-29-13-16-12-18(31-8-10-32(11-9-31)22(35)37-23(2,3)4)21(34)33(20(16)30-15)14-17-19(6-5-7-28-17)36-24(25,26)27/h5-7,12-13H,8-11,14H2,1-4H3. The number of amides is 1. The Kier molecular flexibility index (Phi) is 6.98. The highest BCUT2D eigenvalue weighted by atomic mass is 19.4. The van der Waals surface area contributed by atoms with Crippen LogP contribution in [0.15, 0.2) is 35.4 Å². The maximum atomic E-state index is 13.7. The molecule has 10 nitrogen and oxygen atoms in total. The summed E-state index contributed by atoms with van der Waals surface area (Å²) in [5.41, 5.74) is -0.583. The first-order valence-electron chi connectivity index (χ1n) is 11.6. The molecule has 3 aromatic heterocycles. The molecular weight excluding hydrogens is 493 g/mol. The Balaban J connectivity index is 1.68. The summed E-state index contributed by atoms with van der Waals surface area (Å²) in [6.45, 7) is 8.10. The fraction of sp³-hybridized carbons (Fsp3) is 0.458. The van der Waals surface area contributed by atoms with Crippen molar-refractivity contribution in [3.05, 3.63) is 52.5 Å². The fourth-order valence-corrected chi connectivity index (χ4v) is 3.97. The number of rotatable bonds is 4. The number of hydrogen-bond donors (Lipinski definition) is 0. The maximum absolute atomic E-state index is 13.7. The van der Waals surface area contributed by atoms with E-state index in [4.69, 9.17) is 4.74 Å². The number of carbonyl (C=O) groups is 1. The van der Waals surface area contributed by atoms with E-state index in [1.165, 1.54) is 16.8 Å². The number of aromatic nitrogens is 4. The molecule has 4 heterocycles. The highest BCUT2D eigenvalue weighted by molar-refractivity contribution is 5.78. The third-order valence-corrected chi connectivity index (χ3v) is 5.58. The molecule has 1 saturated heterocycles. The van der Waals surface area contributed by atoms with E-state index in [0.717, 1.165) is 6.07 Å². The van der Waals surface area contributed by atoms with E-state index in [1.807, 2.05) is 4.90 Å². The minimum absolute atomic E-state index is 0.0774. The predicted molar refractivity (Wildman–Crippen MR) is 129 cm³/mol. The molecule has 1 aliphatic heterocycles. The molecule has 37 heavy (non-hydrogen) atoms. The van der Waals surface area contributed by atoms with Crippen molar-refractivity contribution in [3.63, 3.8) is 0 Å². The number of piperazine rings is 1. The van der Waals surface area contributed by atoms with E-state index in [9.17, 15) is 22.8 Å². The molecule has 0 spiro atoms. The number of hydrogen-bond acceptors (Lipinski definition) is 8. The van der Waals surface area contributed by atoms with Crippen LogP contribution < -0.4 is 15.2 Å². The zero-order valence-electron chi connectivity index (χ0n) is 20.9. The van der Waals surface area contributed by atoms with Gasteiger partial charge in [-0.3, -0.25) is 14.3 Å². The van der Waals surface area contributed by atoms with Crippen LogP contribution in [0.25, 0.3) is 11.0 Å². The molecule has 1 fully saturated rings. The molecule has 13 heteroatoms. The van der Waals surface area contributed by atoms with Crippen molar-refractivity contribution in [3.8, 4) is 5.75 Å². The van der Waals surface area contributed by atoms with E-state index in [-0.39, 0.29) is 17.9 Å². The van der Waals surface area contributed by atoms with Gasteiger partial charge < -0.3 is 19.3 Å². The summed E-state index contributed by atoms with van der Waals surface area (Å²) in [6.07, 6.45) is -2.47. The fourth-order valence-electron chi connectivity index (χ4n) is 3.97. The molecule has 0 N–H and O–H groups in total. The number of ether oxygens (including phenoxy) is 2. The van der Waals surface area contributed by atoms with Crippen molar-refractivity contribution < 1.29 is 27.4 Å². The lowest BCUT2D eigenvalue weighted by Crippen LogP contribution is -2.51. The van der Waals surface area contributed by atoms with Gasteiger partial charge >= 0.3 is 12.5 Å². The van der Waals surface area contributed by atoms with Crippen LogP contribution in [0.1, 0.15) is 32.3 Å². The zero-order chi connectivity index (χ0) is 27.0. The summed E-state index contributed by atoms with van der Waals surface area (Å²) in [6, 6.07) is 4.11. The molecule has 0 unspecified atom stereocenters. The summed E-state index contributed by atoms with van der Waals surface area (Å²) in [7, 11) is 0. The molecule has 0 aliphatic carbocycles. The SMILES string of the molecule is Cc1ncc2cc(N3CCN(C(=O)OC(C)(C)C)CC3)c(=O)n(Cc3ncccc3OC(F)(F)F)c2n1. The van der Waals surface area contributed by atoms with Gasteiger partial charge in [-0.1, -0.05) is 0 Å². The second-order valence-electron chi connectivity index (χ2n) is 9.57. The van der Waals surface area contributed by atoms with Crippen molar-refractivity contribution in [2.45, 2.75) is 46.2 Å². The van der Waals surface area contributed by atoms with Gasteiger partial charge in [-0.25, -0.2) is 14.8 Å². The number of anilines is 1. The highest BCUT2D eigenvalue weighted by Crippen LogP contribution is 2.26. The van der Waals surface area contributed by atoms with E-state index >= 15 is 0 Å². The highest BCUT2D eigenvalue weighted by Gasteiger charge is 2.33. The van der Waals surface area contributed by atoms with Gasteiger partial charge in [0.25, 0.3) is 5.56 Å². The number of carbonyl (C=O) groups excluding carboxylic acids is 1. The first-order chi connectivity index (χ1) is 17.3. The van der Waals surface area contributed by atoms with Gasteiger partial charge in [0.2, 0.25) is 0 Å². The van der Waals surface area contributed by atoms with Crippen molar-refractivity contribution >= 4 is 22.8 Å². The summed E-state index contributed by atoms with van der Waals surface area (Å²) in [5, 5.41) is 0.531. The topological polar surface area (TPSA) is 103 Å². The van der Waals surface area contributed by atoms with Crippen LogP contribution in [0.2, 0.25) is 0 Å². The Hall–Kier alpha value is -3.90. The van der Waals surface area contributed by atoms with E-state index in [2.05, 4.69) is 19.7 Å². The third-order valence-electron chi connectivity index (χ3n) is 5.58. The second-order valence-corrected chi connectivity index (χ2v) is 9.57. The summed E-state index contributed by atoms with van der Waals surface area (Å²) < 4.78 is 49.7. The molecule has 1 aliphatic rings. The lowest BCUT2D eigenvalue weighted by atomic mass is 10.2. The average molecular weight is 521 g/mol. The number of alkyl halides is 3. The first-order valence-corrected chi connectivity index (χ1v) is 11.6. The number of aryl methyl sites for hydroxylation is 1. The predicted octanol–water partition coefficient (Wildman–Crippen LogP) is 3.50. The van der Waals surface area contributed by atoms with Crippen molar-refractivity contribution in [2.75, 3.05) is 31.1 Å². The largest absolute Gasteiger partial charge is 0.573 e. The minimum Gasteiger partial charge on any atom is -0.444 e. The van der Waals surface area contributed by atoms with Gasteiger partial charge in [0.15, 0.2) is 5.75 Å². The molecular formula is C24H27F3N6O4. The Morgan fingerprint density at radius 3 is 2.46 bits per heavy atom. The number of pyridine rings is 2. The van der Waals surface area contributed by atoms with Crippen molar-refractivity contribution in [1.82, 2.24) is 24.4 Å². The third kappa shape index (κ3) is 6.27. The molecule has 0 saturated carbocycles. The van der Waals surface area contributed by atoms with Gasteiger partial charge in [-0.05, 0) is 45.9 Å². The van der Waals surface area contributed by atoms with Gasteiger partial charge in [0.05, 0.1) is 6.54 Å². The van der Waals surface area contributed by atoms with Crippen molar-refractivity contribution in [1.29, 1.82) is 0 Å². The number of fused-ring (bicyclic) bond motifs is 1. The molecule has 0 radical (unpaired) electrons. The van der Waals surface area contributed by atoms with Gasteiger partial charge in [-0.2, -0.15) is 0 Å². The van der Waals surface area contributed by atoms with E-state index in [0.29, 0.717) is 43.1 Å². The van der Waals surface area contributed by atoms with Crippen LogP contribution in [-0.2, 0) is 11.3 Å². The molecule has 0 bridgehead atoms. The van der Waals surface area contributed by atoms with Crippen LogP contribution in [0.3, 0.4) is 0 Å². The summed E-state index contributed by atoms with van der Waals surface area (Å²) in [4.78, 5) is 42.1. The normalized spacial score (nSPS) is 14.7. The smallest absolute Gasteiger partial charge is 0.444 e. The van der Waals surface area contributed by atoms with Crippen LogP contribution in [0.4, 0.5) is 23.7 Å². The molecule has 4 rings (SSSR count). The van der Waals surface area contributed by atoms with Crippen LogP contribution >= 0.6 is 0 Å². The molecule has 198 valence electrons. The van der Waals surface area contributed by atoms with E-state index < -0.39 is 29.4 Å². The molecule has 0 aromatic carbocycles. The summed E-state index contributed by atoms with van der Waals surface area (Å²) >= 11 is 0. The zero-order valence-corrected chi connectivity index (χ0v) is 20.9. The minimum atomic E-state index is -4.92. The first kappa shape index (κ1) is 26.2. The Morgan fingerprint density at radius 2 is 1.81 bits per heavy atom. The molecule has 3 aromatic rings. The van der Waals surface area contributed by atoms with Crippen molar-refractivity contribution in [2.24, 2.45) is 0 Å². The van der Waals surface area contributed by atoms with Gasteiger partial charge in [0, 0.05) is 44.0 Å². The summed E-state index contributed by atoms with van der Waals surface area (Å²) in [5.74, 6) is -0.107. The lowest BCUT2D eigenvalue weighted by molar-refractivity contribution is -0.275. The maximum Gasteiger partial charge on any atom is 0.573 e. The van der Waals surface area contributed by atoms with E-state index in [1.54, 1.807) is 44.9 Å². The van der Waals surface area contributed by atoms with Crippen LogP contribution in [0.5, 0.6) is 5.75 Å². The molecule has 0 atom stereocenters. The quantitative estimate of drug-likeness (QED) is 0.515. The van der Waals surface area contributed by atoms with Crippen LogP contribution in [0, 0.1) is 6.92 Å². The lowest BCUT2D eigenvalue weighted by Gasteiger charge is -2.36. The Morgan fingerprint density at radius 1 is 1.11 bits per heavy atom. The monoisotopic (exact) mass is 520 g/mol. The number of nitrogens with zero attached hydrogens (tertiary/aromatic N) is 6. The molecule has 1 amide bonds. The number of halogens is 3. The Bertz CT molecular complexity index is 1360.